The first-order chi connectivity index (χ1) is 9.11. The topological polar surface area (TPSA) is 35.5 Å². The molecule has 0 aliphatic carbocycles. The van der Waals surface area contributed by atoms with Gasteiger partial charge in [-0.05, 0) is 69.4 Å². The number of methoxy groups -OCH3 is 1. The SMILES string of the molecule is COC(=O)c1cc(I)c(Oc2ccccc2)c(I)c1. The van der Waals surface area contributed by atoms with Crippen molar-refractivity contribution in [3.8, 4) is 11.5 Å². The van der Waals surface area contributed by atoms with Crippen LogP contribution in [0.2, 0.25) is 0 Å². The summed E-state index contributed by atoms with van der Waals surface area (Å²) in [6, 6.07) is 13.1. The second kappa shape index (κ2) is 6.56. The van der Waals surface area contributed by atoms with E-state index in [4.69, 9.17) is 9.47 Å². The Morgan fingerprint density at radius 2 is 1.63 bits per heavy atom. The van der Waals surface area contributed by atoms with Crippen molar-refractivity contribution >= 4 is 51.2 Å². The molecule has 0 radical (unpaired) electrons. The van der Waals surface area contributed by atoms with Gasteiger partial charge in [0.25, 0.3) is 0 Å². The van der Waals surface area contributed by atoms with E-state index < -0.39 is 0 Å². The van der Waals surface area contributed by atoms with E-state index in [9.17, 15) is 4.79 Å². The fourth-order valence-corrected chi connectivity index (χ4v) is 3.49. The standard InChI is InChI=1S/C14H10I2O3/c1-18-14(17)9-7-11(15)13(12(16)8-9)19-10-5-3-2-4-6-10/h2-8H,1H3. The average Bonchev–Trinajstić information content (AvgIpc) is 2.43. The van der Waals surface area contributed by atoms with Crippen LogP contribution in [0, 0.1) is 7.14 Å². The van der Waals surface area contributed by atoms with Crippen molar-refractivity contribution in [3.05, 3.63) is 55.2 Å². The van der Waals surface area contributed by atoms with Crippen molar-refractivity contribution in [2.45, 2.75) is 0 Å². The van der Waals surface area contributed by atoms with Gasteiger partial charge < -0.3 is 9.47 Å². The molecule has 0 aliphatic heterocycles. The fourth-order valence-electron chi connectivity index (χ4n) is 1.50. The Kier molecular flexibility index (Phi) is 5.03. The van der Waals surface area contributed by atoms with E-state index in [1.54, 1.807) is 12.1 Å². The fraction of sp³-hybridized carbons (Fsp3) is 0.0714. The van der Waals surface area contributed by atoms with Crippen molar-refractivity contribution in [2.24, 2.45) is 0 Å². The van der Waals surface area contributed by atoms with Crippen LogP contribution in [0.3, 0.4) is 0 Å². The van der Waals surface area contributed by atoms with Crippen LogP contribution in [0.1, 0.15) is 10.4 Å². The first-order valence-electron chi connectivity index (χ1n) is 5.42. The highest BCUT2D eigenvalue weighted by atomic mass is 127. The lowest BCUT2D eigenvalue weighted by Crippen LogP contribution is -2.03. The van der Waals surface area contributed by atoms with Crippen molar-refractivity contribution in [3.63, 3.8) is 0 Å². The molecule has 98 valence electrons. The van der Waals surface area contributed by atoms with Crippen molar-refractivity contribution in [1.82, 2.24) is 0 Å². The van der Waals surface area contributed by atoms with E-state index in [0.717, 1.165) is 18.6 Å². The van der Waals surface area contributed by atoms with E-state index in [0.29, 0.717) is 5.56 Å². The lowest BCUT2D eigenvalue weighted by molar-refractivity contribution is 0.0600. The van der Waals surface area contributed by atoms with Crippen molar-refractivity contribution < 1.29 is 14.3 Å². The Morgan fingerprint density at radius 1 is 1.05 bits per heavy atom. The number of rotatable bonds is 3. The molecule has 2 aromatic carbocycles. The summed E-state index contributed by atoms with van der Waals surface area (Å²) in [5.41, 5.74) is 0.525. The Hall–Kier alpha value is -0.830. The van der Waals surface area contributed by atoms with Gasteiger partial charge in [0.2, 0.25) is 0 Å². The van der Waals surface area contributed by atoms with Crippen LogP contribution in [0.5, 0.6) is 11.5 Å². The van der Waals surface area contributed by atoms with Crippen LogP contribution < -0.4 is 4.74 Å². The van der Waals surface area contributed by atoms with Gasteiger partial charge in [-0.15, -0.1) is 0 Å². The maximum atomic E-state index is 11.5. The molecule has 2 aromatic rings. The third-order valence-electron chi connectivity index (χ3n) is 2.38. The lowest BCUT2D eigenvalue weighted by atomic mass is 10.2. The van der Waals surface area contributed by atoms with Gasteiger partial charge in [0, 0.05) is 0 Å². The van der Waals surface area contributed by atoms with E-state index in [-0.39, 0.29) is 5.97 Å². The molecule has 0 heterocycles. The summed E-state index contributed by atoms with van der Waals surface area (Å²) >= 11 is 4.30. The van der Waals surface area contributed by atoms with Crippen LogP contribution in [0.4, 0.5) is 0 Å². The van der Waals surface area contributed by atoms with Gasteiger partial charge in [0.1, 0.15) is 5.75 Å². The molecule has 0 unspecified atom stereocenters. The van der Waals surface area contributed by atoms with Crippen LogP contribution in [0.25, 0.3) is 0 Å². The zero-order valence-electron chi connectivity index (χ0n) is 10.0. The lowest BCUT2D eigenvalue weighted by Gasteiger charge is -2.11. The number of esters is 1. The van der Waals surface area contributed by atoms with E-state index in [1.165, 1.54) is 7.11 Å². The minimum atomic E-state index is -0.345. The van der Waals surface area contributed by atoms with E-state index in [2.05, 4.69) is 45.2 Å². The zero-order valence-corrected chi connectivity index (χ0v) is 14.3. The number of ether oxygens (including phenoxy) is 2. The minimum Gasteiger partial charge on any atom is -0.465 e. The summed E-state index contributed by atoms with van der Waals surface area (Å²) in [5, 5.41) is 0. The van der Waals surface area contributed by atoms with Gasteiger partial charge in [-0.2, -0.15) is 0 Å². The molecule has 0 saturated carbocycles. The molecule has 5 heteroatoms. The van der Waals surface area contributed by atoms with Crippen LogP contribution in [0.15, 0.2) is 42.5 Å². The van der Waals surface area contributed by atoms with E-state index in [1.807, 2.05) is 30.3 Å². The van der Waals surface area contributed by atoms with Gasteiger partial charge in [-0.25, -0.2) is 4.79 Å². The van der Waals surface area contributed by atoms with Gasteiger partial charge in [-0.3, -0.25) is 0 Å². The summed E-state index contributed by atoms with van der Waals surface area (Å²) in [6.07, 6.45) is 0. The summed E-state index contributed by atoms with van der Waals surface area (Å²) in [6.45, 7) is 0. The molecule has 0 aromatic heterocycles. The third kappa shape index (κ3) is 3.59. The van der Waals surface area contributed by atoms with Crippen LogP contribution in [-0.4, -0.2) is 13.1 Å². The molecule has 0 aliphatic rings. The van der Waals surface area contributed by atoms with Crippen molar-refractivity contribution in [2.75, 3.05) is 7.11 Å². The number of carbonyl (C=O) groups excluding carboxylic acids is 1. The normalized spacial score (nSPS) is 10.1. The predicted molar refractivity (Wildman–Crippen MR) is 89.7 cm³/mol. The molecule has 0 amide bonds. The maximum absolute atomic E-state index is 11.5. The van der Waals surface area contributed by atoms with Gasteiger partial charge in [-0.1, -0.05) is 18.2 Å². The number of para-hydroxylation sites is 1. The molecule has 0 bridgehead atoms. The number of carbonyl (C=O) groups is 1. The first-order valence-corrected chi connectivity index (χ1v) is 7.58. The van der Waals surface area contributed by atoms with Gasteiger partial charge in [0.05, 0.1) is 19.8 Å². The van der Waals surface area contributed by atoms with E-state index >= 15 is 0 Å². The Bertz CT molecular complexity index is 574. The highest BCUT2D eigenvalue weighted by Crippen LogP contribution is 2.32. The second-order valence-electron chi connectivity index (χ2n) is 3.68. The minimum absolute atomic E-state index is 0.345. The molecule has 2 rings (SSSR count). The second-order valence-corrected chi connectivity index (χ2v) is 6.00. The summed E-state index contributed by atoms with van der Waals surface area (Å²) in [4.78, 5) is 11.5. The van der Waals surface area contributed by atoms with Crippen molar-refractivity contribution in [1.29, 1.82) is 0 Å². The third-order valence-corrected chi connectivity index (χ3v) is 3.99. The van der Waals surface area contributed by atoms with Gasteiger partial charge >= 0.3 is 5.97 Å². The number of benzene rings is 2. The monoisotopic (exact) mass is 480 g/mol. The number of hydrogen-bond donors (Lipinski definition) is 0. The summed E-state index contributed by atoms with van der Waals surface area (Å²) in [7, 11) is 1.37. The Balaban J connectivity index is 2.35. The molecule has 19 heavy (non-hydrogen) atoms. The number of hydrogen-bond acceptors (Lipinski definition) is 3. The maximum Gasteiger partial charge on any atom is 0.337 e. The molecule has 3 nitrogen and oxygen atoms in total. The number of halogens is 2. The highest BCUT2D eigenvalue weighted by Gasteiger charge is 2.14. The molecule has 0 fully saturated rings. The molecule has 0 saturated heterocycles. The summed E-state index contributed by atoms with van der Waals surface area (Å²) in [5.74, 6) is 1.17. The molecule has 0 N–H and O–H groups in total. The smallest absolute Gasteiger partial charge is 0.337 e. The molecule has 0 spiro atoms. The highest BCUT2D eigenvalue weighted by molar-refractivity contribution is 14.1. The molecule has 0 atom stereocenters. The Morgan fingerprint density at radius 3 is 2.16 bits per heavy atom. The zero-order chi connectivity index (χ0) is 13.8. The predicted octanol–water partition coefficient (Wildman–Crippen LogP) is 4.47. The Labute approximate surface area is 138 Å². The largest absolute Gasteiger partial charge is 0.465 e. The first kappa shape index (κ1) is 14.6. The van der Waals surface area contributed by atoms with Crippen LogP contribution >= 0.6 is 45.2 Å². The molecular weight excluding hydrogens is 470 g/mol. The molecular formula is C14H10I2O3. The quantitative estimate of drug-likeness (QED) is 0.481. The van der Waals surface area contributed by atoms with Crippen LogP contribution in [-0.2, 0) is 4.74 Å². The summed E-state index contributed by atoms with van der Waals surface area (Å²) < 4.78 is 12.3. The van der Waals surface area contributed by atoms with Gasteiger partial charge in [0.15, 0.2) is 5.75 Å². The average molecular weight is 480 g/mol.